The van der Waals surface area contributed by atoms with Crippen LogP contribution in [0.25, 0.3) is 0 Å². The quantitative estimate of drug-likeness (QED) is 0.764. The van der Waals surface area contributed by atoms with Gasteiger partial charge >= 0.3 is 5.97 Å². The standard InChI is InChI=1S/C17H22ClNO6/c1-3-25-15-12(18)8-11(9-13(15)23-2)16(22)19-17(10-14(20)21)4-6-24-7-5-17/h8-9H,3-7,10H2,1-2H3,(H,19,22)(H,20,21). The molecule has 0 spiro atoms. The highest BCUT2D eigenvalue weighted by Crippen LogP contribution is 2.36. The van der Waals surface area contributed by atoms with Crippen molar-refractivity contribution < 1.29 is 28.9 Å². The zero-order valence-corrected chi connectivity index (χ0v) is 15.0. The second-order valence-corrected chi connectivity index (χ2v) is 6.25. The average molecular weight is 372 g/mol. The van der Waals surface area contributed by atoms with Gasteiger partial charge in [-0.15, -0.1) is 0 Å². The molecule has 0 aliphatic carbocycles. The van der Waals surface area contributed by atoms with Crippen molar-refractivity contribution in [1.29, 1.82) is 0 Å². The predicted octanol–water partition coefficient (Wildman–Crippen LogP) is 2.50. The van der Waals surface area contributed by atoms with E-state index in [1.807, 2.05) is 6.92 Å². The van der Waals surface area contributed by atoms with Gasteiger partial charge in [-0.2, -0.15) is 0 Å². The molecule has 0 unspecified atom stereocenters. The Balaban J connectivity index is 2.26. The number of halogens is 1. The van der Waals surface area contributed by atoms with Crippen molar-refractivity contribution in [2.24, 2.45) is 0 Å². The molecule has 1 aliphatic heterocycles. The normalized spacial score (nSPS) is 16.1. The van der Waals surface area contributed by atoms with E-state index in [1.54, 1.807) is 0 Å². The lowest BCUT2D eigenvalue weighted by molar-refractivity contribution is -0.139. The Kier molecular flexibility index (Phi) is 6.50. The van der Waals surface area contributed by atoms with E-state index in [2.05, 4.69) is 5.32 Å². The Morgan fingerprint density at radius 2 is 2.04 bits per heavy atom. The fraction of sp³-hybridized carbons (Fsp3) is 0.529. The molecule has 2 rings (SSSR count). The molecule has 25 heavy (non-hydrogen) atoms. The number of benzene rings is 1. The molecule has 0 saturated carbocycles. The fourth-order valence-corrected chi connectivity index (χ4v) is 3.11. The number of carbonyl (C=O) groups is 2. The number of hydrogen-bond donors (Lipinski definition) is 2. The molecule has 1 saturated heterocycles. The number of ether oxygens (including phenoxy) is 3. The number of carboxylic acids is 1. The van der Waals surface area contributed by atoms with Crippen LogP contribution >= 0.6 is 11.6 Å². The Hall–Kier alpha value is -1.99. The van der Waals surface area contributed by atoms with Gasteiger partial charge < -0.3 is 24.6 Å². The summed E-state index contributed by atoms with van der Waals surface area (Å²) in [5, 5.41) is 12.3. The third kappa shape index (κ3) is 4.76. The molecule has 2 N–H and O–H groups in total. The summed E-state index contributed by atoms with van der Waals surface area (Å²) in [6.07, 6.45) is 0.712. The maximum Gasteiger partial charge on any atom is 0.305 e. The molecule has 1 heterocycles. The third-order valence-electron chi connectivity index (χ3n) is 4.10. The van der Waals surface area contributed by atoms with E-state index < -0.39 is 17.4 Å². The van der Waals surface area contributed by atoms with Crippen LogP contribution in [-0.4, -0.2) is 49.5 Å². The summed E-state index contributed by atoms with van der Waals surface area (Å²) in [6.45, 7) is 3.03. The summed E-state index contributed by atoms with van der Waals surface area (Å²) in [7, 11) is 1.46. The molecule has 7 nitrogen and oxygen atoms in total. The van der Waals surface area contributed by atoms with Crippen molar-refractivity contribution in [3.63, 3.8) is 0 Å². The highest BCUT2D eigenvalue weighted by atomic mass is 35.5. The van der Waals surface area contributed by atoms with Crippen molar-refractivity contribution in [3.8, 4) is 11.5 Å². The molecule has 1 fully saturated rings. The van der Waals surface area contributed by atoms with Crippen molar-refractivity contribution >= 4 is 23.5 Å². The number of nitrogens with one attached hydrogen (secondary N) is 1. The highest BCUT2D eigenvalue weighted by Gasteiger charge is 2.36. The van der Waals surface area contributed by atoms with Crippen LogP contribution in [0.1, 0.15) is 36.5 Å². The van der Waals surface area contributed by atoms with Gasteiger partial charge in [-0.1, -0.05) is 11.6 Å². The van der Waals surface area contributed by atoms with Crippen molar-refractivity contribution in [2.75, 3.05) is 26.9 Å². The average Bonchev–Trinajstić information content (AvgIpc) is 2.56. The Labute approximate surface area is 151 Å². The molecule has 8 heteroatoms. The van der Waals surface area contributed by atoms with E-state index in [4.69, 9.17) is 25.8 Å². The van der Waals surface area contributed by atoms with Gasteiger partial charge in [0.25, 0.3) is 5.91 Å². The van der Waals surface area contributed by atoms with Crippen LogP contribution in [0.3, 0.4) is 0 Å². The van der Waals surface area contributed by atoms with Crippen molar-refractivity contribution in [1.82, 2.24) is 5.32 Å². The number of carbonyl (C=O) groups excluding carboxylic acids is 1. The number of amides is 1. The van der Waals surface area contributed by atoms with E-state index in [0.29, 0.717) is 44.2 Å². The Morgan fingerprint density at radius 1 is 1.36 bits per heavy atom. The van der Waals surface area contributed by atoms with Crippen LogP contribution in [-0.2, 0) is 9.53 Å². The molecule has 0 radical (unpaired) electrons. The van der Waals surface area contributed by atoms with Gasteiger partial charge in [0, 0.05) is 18.8 Å². The lowest BCUT2D eigenvalue weighted by Crippen LogP contribution is -2.53. The van der Waals surface area contributed by atoms with Crippen LogP contribution in [0.15, 0.2) is 12.1 Å². The highest BCUT2D eigenvalue weighted by molar-refractivity contribution is 6.32. The first-order valence-electron chi connectivity index (χ1n) is 8.03. The molecule has 0 atom stereocenters. The van der Waals surface area contributed by atoms with Gasteiger partial charge in [0.05, 0.1) is 30.7 Å². The number of hydrogen-bond acceptors (Lipinski definition) is 5. The Bertz CT molecular complexity index is 642. The minimum absolute atomic E-state index is 0.163. The summed E-state index contributed by atoms with van der Waals surface area (Å²) in [4.78, 5) is 23.9. The molecular formula is C17H22ClNO6. The maximum atomic E-state index is 12.7. The summed E-state index contributed by atoms with van der Waals surface area (Å²) in [6, 6.07) is 3.01. The second-order valence-electron chi connectivity index (χ2n) is 5.84. The lowest BCUT2D eigenvalue weighted by atomic mass is 9.86. The Morgan fingerprint density at radius 3 is 2.60 bits per heavy atom. The van der Waals surface area contributed by atoms with Crippen molar-refractivity contribution in [3.05, 3.63) is 22.7 Å². The first-order valence-corrected chi connectivity index (χ1v) is 8.41. The SMILES string of the molecule is CCOc1c(Cl)cc(C(=O)NC2(CC(=O)O)CCOCC2)cc1OC. The summed E-state index contributed by atoms with van der Waals surface area (Å²) in [5.41, 5.74) is -0.555. The van der Waals surface area contributed by atoms with E-state index in [0.717, 1.165) is 0 Å². The van der Waals surface area contributed by atoms with Gasteiger partial charge in [-0.3, -0.25) is 9.59 Å². The van der Waals surface area contributed by atoms with E-state index in [9.17, 15) is 14.7 Å². The number of carboxylic acid groups (broad SMARTS) is 1. The van der Waals surface area contributed by atoms with Gasteiger partial charge in [-0.25, -0.2) is 0 Å². The molecule has 1 aliphatic rings. The lowest BCUT2D eigenvalue weighted by Gasteiger charge is -2.36. The fourth-order valence-electron chi connectivity index (χ4n) is 2.85. The van der Waals surface area contributed by atoms with Crippen LogP contribution in [0.4, 0.5) is 0 Å². The van der Waals surface area contributed by atoms with Gasteiger partial charge in [0.15, 0.2) is 11.5 Å². The van der Waals surface area contributed by atoms with Crippen LogP contribution < -0.4 is 14.8 Å². The molecule has 1 amide bonds. The molecule has 0 bridgehead atoms. The maximum absolute atomic E-state index is 12.7. The van der Waals surface area contributed by atoms with Gasteiger partial charge in [0.1, 0.15) is 0 Å². The zero-order valence-electron chi connectivity index (χ0n) is 14.3. The molecule has 0 aromatic heterocycles. The minimum Gasteiger partial charge on any atom is -0.493 e. The van der Waals surface area contributed by atoms with E-state index in [-0.39, 0.29) is 17.0 Å². The van der Waals surface area contributed by atoms with Gasteiger partial charge in [-0.05, 0) is 31.9 Å². The first kappa shape index (κ1) is 19.3. The molecule has 1 aromatic carbocycles. The van der Waals surface area contributed by atoms with Crippen molar-refractivity contribution in [2.45, 2.75) is 31.7 Å². The monoisotopic (exact) mass is 371 g/mol. The summed E-state index contributed by atoms with van der Waals surface area (Å²) < 4.78 is 16.0. The van der Waals surface area contributed by atoms with Crippen LogP contribution in [0, 0.1) is 0 Å². The summed E-state index contributed by atoms with van der Waals surface area (Å²) in [5.74, 6) is -0.663. The first-order chi connectivity index (χ1) is 11.9. The largest absolute Gasteiger partial charge is 0.493 e. The van der Waals surface area contributed by atoms with Crippen LogP contribution in [0.2, 0.25) is 5.02 Å². The molecule has 1 aromatic rings. The molecular weight excluding hydrogens is 350 g/mol. The van der Waals surface area contributed by atoms with Gasteiger partial charge in [0.2, 0.25) is 0 Å². The smallest absolute Gasteiger partial charge is 0.305 e. The second kappa shape index (κ2) is 8.40. The third-order valence-corrected chi connectivity index (χ3v) is 4.38. The van der Waals surface area contributed by atoms with E-state index >= 15 is 0 Å². The number of rotatable bonds is 7. The number of aliphatic carboxylic acids is 1. The predicted molar refractivity (Wildman–Crippen MR) is 91.7 cm³/mol. The summed E-state index contributed by atoms with van der Waals surface area (Å²) >= 11 is 6.20. The zero-order chi connectivity index (χ0) is 18.4. The minimum atomic E-state index is -0.968. The topological polar surface area (TPSA) is 94.1 Å². The van der Waals surface area contributed by atoms with Crippen LogP contribution in [0.5, 0.6) is 11.5 Å². The van der Waals surface area contributed by atoms with E-state index in [1.165, 1.54) is 19.2 Å². The number of methoxy groups -OCH3 is 1. The molecule has 138 valence electrons.